The van der Waals surface area contributed by atoms with Crippen molar-refractivity contribution in [3.63, 3.8) is 0 Å². The van der Waals surface area contributed by atoms with Gasteiger partial charge in [0.15, 0.2) is 0 Å². The molecule has 0 bridgehead atoms. The molecule has 0 saturated carbocycles. The van der Waals surface area contributed by atoms with E-state index in [1.165, 1.54) is 7.05 Å². The standard InChI is InChI=1S/C15H27NO6/c1-7-21-11(17)9-8-10(2)12(13(18)19)16(6)14(20)22-15(3,4)5/h10,12H,7-9H2,1-6H3,(H,18,19)/t10-,12+/m1/s1. The molecule has 0 spiro atoms. The number of rotatable bonds is 7. The molecule has 0 aliphatic heterocycles. The maximum absolute atomic E-state index is 12.0. The summed E-state index contributed by atoms with van der Waals surface area (Å²) in [5, 5.41) is 9.36. The molecule has 0 unspecified atom stereocenters. The Morgan fingerprint density at radius 1 is 1.23 bits per heavy atom. The zero-order chi connectivity index (χ0) is 17.5. The summed E-state index contributed by atoms with van der Waals surface area (Å²) in [6.07, 6.45) is -0.285. The van der Waals surface area contributed by atoms with Gasteiger partial charge in [0.05, 0.1) is 6.61 Å². The van der Waals surface area contributed by atoms with Gasteiger partial charge in [0.1, 0.15) is 11.6 Å². The van der Waals surface area contributed by atoms with Crippen LogP contribution in [0.1, 0.15) is 47.5 Å². The number of carbonyl (C=O) groups excluding carboxylic acids is 2. The normalized spacial score (nSPS) is 13.9. The molecule has 0 aromatic heterocycles. The van der Waals surface area contributed by atoms with Gasteiger partial charge in [-0.3, -0.25) is 9.69 Å². The quantitative estimate of drug-likeness (QED) is 0.724. The van der Waals surface area contributed by atoms with Crippen LogP contribution in [-0.2, 0) is 19.1 Å². The zero-order valence-electron chi connectivity index (χ0n) is 14.2. The number of hydrogen-bond acceptors (Lipinski definition) is 5. The van der Waals surface area contributed by atoms with Crippen LogP contribution < -0.4 is 0 Å². The number of amides is 1. The number of carbonyl (C=O) groups is 3. The third-order valence-corrected chi connectivity index (χ3v) is 3.00. The molecule has 0 fully saturated rings. The average Bonchev–Trinajstić information content (AvgIpc) is 2.34. The van der Waals surface area contributed by atoms with Crippen molar-refractivity contribution >= 4 is 18.0 Å². The first-order valence-corrected chi connectivity index (χ1v) is 7.33. The van der Waals surface area contributed by atoms with Crippen molar-refractivity contribution in [1.82, 2.24) is 4.90 Å². The Hall–Kier alpha value is -1.79. The fourth-order valence-corrected chi connectivity index (χ4v) is 1.97. The van der Waals surface area contributed by atoms with Crippen molar-refractivity contribution < 1.29 is 29.0 Å². The van der Waals surface area contributed by atoms with E-state index in [4.69, 9.17) is 9.47 Å². The Bertz CT molecular complexity index is 401. The minimum absolute atomic E-state index is 0.112. The van der Waals surface area contributed by atoms with Crippen molar-refractivity contribution in [1.29, 1.82) is 0 Å². The van der Waals surface area contributed by atoms with Crippen molar-refractivity contribution in [3.8, 4) is 0 Å². The van der Waals surface area contributed by atoms with Crippen molar-refractivity contribution in [3.05, 3.63) is 0 Å². The summed E-state index contributed by atoms with van der Waals surface area (Å²) in [7, 11) is 1.38. The van der Waals surface area contributed by atoms with Gasteiger partial charge in [-0.15, -0.1) is 0 Å². The van der Waals surface area contributed by atoms with Crippen LogP contribution in [0.3, 0.4) is 0 Å². The molecule has 1 N–H and O–H groups in total. The lowest BCUT2D eigenvalue weighted by Crippen LogP contribution is -2.48. The van der Waals surface area contributed by atoms with E-state index in [1.54, 1.807) is 34.6 Å². The van der Waals surface area contributed by atoms with E-state index in [0.717, 1.165) is 4.90 Å². The maximum Gasteiger partial charge on any atom is 0.410 e. The van der Waals surface area contributed by atoms with E-state index in [9.17, 15) is 19.5 Å². The maximum atomic E-state index is 12.0. The van der Waals surface area contributed by atoms with Crippen molar-refractivity contribution in [2.45, 2.75) is 59.1 Å². The number of hydrogen-bond donors (Lipinski definition) is 1. The molecule has 7 nitrogen and oxygen atoms in total. The summed E-state index contributed by atoms with van der Waals surface area (Å²) in [5.74, 6) is -1.93. The molecule has 0 saturated heterocycles. The molecule has 0 aromatic carbocycles. The number of nitrogens with zero attached hydrogens (tertiary/aromatic N) is 1. The third-order valence-electron chi connectivity index (χ3n) is 3.00. The first-order valence-electron chi connectivity index (χ1n) is 7.33. The lowest BCUT2D eigenvalue weighted by atomic mass is 9.95. The average molecular weight is 317 g/mol. The molecule has 1 amide bonds. The van der Waals surface area contributed by atoms with E-state index in [-0.39, 0.29) is 19.0 Å². The van der Waals surface area contributed by atoms with E-state index < -0.39 is 29.6 Å². The SMILES string of the molecule is CCOC(=O)CC[C@@H](C)[C@@H](C(=O)O)N(C)C(=O)OC(C)(C)C. The Morgan fingerprint density at radius 3 is 2.18 bits per heavy atom. The minimum atomic E-state index is -1.13. The highest BCUT2D eigenvalue weighted by atomic mass is 16.6. The van der Waals surface area contributed by atoms with E-state index in [0.29, 0.717) is 6.42 Å². The van der Waals surface area contributed by atoms with Crippen LogP contribution in [0, 0.1) is 5.92 Å². The van der Waals surface area contributed by atoms with Gasteiger partial charge in [-0.25, -0.2) is 9.59 Å². The molecule has 7 heteroatoms. The summed E-state index contributed by atoms with van der Waals surface area (Å²) in [5.41, 5.74) is -0.706. The van der Waals surface area contributed by atoms with Gasteiger partial charge in [0.25, 0.3) is 0 Å². The molecule has 0 rings (SSSR count). The van der Waals surface area contributed by atoms with Crippen LogP contribution in [0.2, 0.25) is 0 Å². The van der Waals surface area contributed by atoms with Gasteiger partial charge in [-0.2, -0.15) is 0 Å². The molecule has 0 heterocycles. The molecule has 128 valence electrons. The first kappa shape index (κ1) is 20.2. The molecule has 0 aliphatic carbocycles. The number of aliphatic carboxylic acids is 1. The molecule has 2 atom stereocenters. The minimum Gasteiger partial charge on any atom is -0.480 e. The van der Waals surface area contributed by atoms with E-state index in [1.807, 2.05) is 0 Å². The summed E-state index contributed by atoms with van der Waals surface area (Å²) in [6.45, 7) is 8.79. The first-order chi connectivity index (χ1) is 9.99. The lowest BCUT2D eigenvalue weighted by molar-refractivity contribution is -0.147. The second-order valence-corrected chi connectivity index (χ2v) is 6.20. The Labute approximate surface area is 131 Å². The monoisotopic (exact) mass is 317 g/mol. The summed E-state index contributed by atoms with van der Waals surface area (Å²) in [4.78, 5) is 35.9. The van der Waals surface area contributed by atoms with Crippen LogP contribution >= 0.6 is 0 Å². The molecule has 22 heavy (non-hydrogen) atoms. The van der Waals surface area contributed by atoms with Gasteiger partial charge in [0.2, 0.25) is 0 Å². The molecule has 0 radical (unpaired) electrons. The Balaban J connectivity index is 4.80. The largest absolute Gasteiger partial charge is 0.480 e. The number of ether oxygens (including phenoxy) is 2. The number of esters is 1. The zero-order valence-corrected chi connectivity index (χ0v) is 14.2. The fraction of sp³-hybridized carbons (Fsp3) is 0.800. The van der Waals surface area contributed by atoms with Crippen LogP contribution in [0.5, 0.6) is 0 Å². The smallest absolute Gasteiger partial charge is 0.410 e. The number of carboxylic acids is 1. The Morgan fingerprint density at radius 2 is 1.77 bits per heavy atom. The predicted molar refractivity (Wildman–Crippen MR) is 80.5 cm³/mol. The highest BCUT2D eigenvalue weighted by Crippen LogP contribution is 2.19. The van der Waals surface area contributed by atoms with Crippen molar-refractivity contribution in [2.75, 3.05) is 13.7 Å². The molecule has 0 aromatic rings. The topological polar surface area (TPSA) is 93.1 Å². The summed E-state index contributed by atoms with van der Waals surface area (Å²) < 4.78 is 9.99. The Kier molecular flexibility index (Phi) is 7.90. The second-order valence-electron chi connectivity index (χ2n) is 6.20. The van der Waals surface area contributed by atoms with Gasteiger partial charge in [-0.1, -0.05) is 6.92 Å². The molecular weight excluding hydrogens is 290 g/mol. The van der Waals surface area contributed by atoms with Gasteiger partial charge >= 0.3 is 18.0 Å². The molecular formula is C15H27NO6. The van der Waals surface area contributed by atoms with Gasteiger partial charge in [0, 0.05) is 13.5 Å². The molecule has 0 aliphatic rings. The highest BCUT2D eigenvalue weighted by Gasteiger charge is 2.34. The van der Waals surface area contributed by atoms with Gasteiger partial charge < -0.3 is 14.6 Å². The van der Waals surface area contributed by atoms with Crippen molar-refractivity contribution in [2.24, 2.45) is 5.92 Å². The van der Waals surface area contributed by atoms with Crippen LogP contribution in [0.4, 0.5) is 4.79 Å². The highest BCUT2D eigenvalue weighted by molar-refractivity contribution is 5.80. The number of carboxylic acid groups (broad SMARTS) is 1. The van der Waals surface area contributed by atoms with Crippen LogP contribution in [0.25, 0.3) is 0 Å². The predicted octanol–water partition coefficient (Wildman–Crippen LogP) is 2.29. The van der Waals surface area contributed by atoms with Gasteiger partial charge in [-0.05, 0) is 40.0 Å². The van der Waals surface area contributed by atoms with Crippen LogP contribution in [-0.4, -0.2) is 53.3 Å². The van der Waals surface area contributed by atoms with E-state index >= 15 is 0 Å². The lowest BCUT2D eigenvalue weighted by Gasteiger charge is -2.31. The number of likely N-dealkylation sites (N-methyl/N-ethyl adjacent to an activating group) is 1. The fourth-order valence-electron chi connectivity index (χ4n) is 1.97. The third kappa shape index (κ3) is 7.28. The van der Waals surface area contributed by atoms with E-state index in [2.05, 4.69) is 0 Å². The van der Waals surface area contributed by atoms with Crippen LogP contribution in [0.15, 0.2) is 0 Å². The summed E-state index contributed by atoms with van der Waals surface area (Å²) >= 11 is 0. The second kappa shape index (κ2) is 8.60. The summed E-state index contributed by atoms with van der Waals surface area (Å²) in [6, 6.07) is -1.07.